The SMILES string of the molecule is COC(C)COc1ccc(C)c(F)c1. The molecule has 0 radical (unpaired) electrons. The van der Waals surface area contributed by atoms with Crippen molar-refractivity contribution in [3.8, 4) is 5.75 Å². The fourth-order valence-electron chi connectivity index (χ4n) is 0.945. The van der Waals surface area contributed by atoms with E-state index in [1.807, 2.05) is 6.92 Å². The molecule has 1 rings (SSSR count). The van der Waals surface area contributed by atoms with E-state index in [1.54, 1.807) is 26.2 Å². The molecule has 0 aliphatic carbocycles. The number of halogens is 1. The molecule has 0 saturated carbocycles. The summed E-state index contributed by atoms with van der Waals surface area (Å²) in [5, 5.41) is 0. The van der Waals surface area contributed by atoms with Gasteiger partial charge in [0.05, 0.1) is 6.10 Å². The van der Waals surface area contributed by atoms with Crippen molar-refractivity contribution in [3.05, 3.63) is 29.6 Å². The van der Waals surface area contributed by atoms with Crippen molar-refractivity contribution < 1.29 is 13.9 Å². The van der Waals surface area contributed by atoms with E-state index in [-0.39, 0.29) is 11.9 Å². The molecule has 0 N–H and O–H groups in total. The number of benzene rings is 1. The lowest BCUT2D eigenvalue weighted by molar-refractivity contribution is 0.0715. The minimum atomic E-state index is -0.243. The number of hydrogen-bond acceptors (Lipinski definition) is 2. The smallest absolute Gasteiger partial charge is 0.129 e. The molecule has 1 unspecified atom stereocenters. The van der Waals surface area contributed by atoms with E-state index in [4.69, 9.17) is 9.47 Å². The highest BCUT2D eigenvalue weighted by Gasteiger charge is 2.03. The van der Waals surface area contributed by atoms with Crippen molar-refractivity contribution in [2.75, 3.05) is 13.7 Å². The largest absolute Gasteiger partial charge is 0.491 e. The average molecular weight is 198 g/mol. The second-order valence-corrected chi connectivity index (χ2v) is 3.27. The van der Waals surface area contributed by atoms with E-state index < -0.39 is 0 Å². The van der Waals surface area contributed by atoms with Gasteiger partial charge in [-0.15, -0.1) is 0 Å². The third-order valence-electron chi connectivity index (χ3n) is 2.03. The first-order valence-corrected chi connectivity index (χ1v) is 4.55. The summed E-state index contributed by atoms with van der Waals surface area (Å²) >= 11 is 0. The van der Waals surface area contributed by atoms with Gasteiger partial charge < -0.3 is 9.47 Å². The fraction of sp³-hybridized carbons (Fsp3) is 0.455. The van der Waals surface area contributed by atoms with Crippen LogP contribution in [0.3, 0.4) is 0 Å². The summed E-state index contributed by atoms with van der Waals surface area (Å²) in [6.07, 6.45) is 0.0133. The van der Waals surface area contributed by atoms with E-state index in [1.165, 1.54) is 6.07 Å². The van der Waals surface area contributed by atoms with Gasteiger partial charge in [0.25, 0.3) is 0 Å². The quantitative estimate of drug-likeness (QED) is 0.740. The highest BCUT2D eigenvalue weighted by atomic mass is 19.1. The molecule has 0 bridgehead atoms. The van der Waals surface area contributed by atoms with Crippen LogP contribution in [0.15, 0.2) is 18.2 Å². The Morgan fingerprint density at radius 2 is 2.14 bits per heavy atom. The second kappa shape index (κ2) is 4.96. The van der Waals surface area contributed by atoms with Crippen molar-refractivity contribution in [3.63, 3.8) is 0 Å². The predicted octanol–water partition coefficient (Wildman–Crippen LogP) is 2.55. The third-order valence-corrected chi connectivity index (χ3v) is 2.03. The predicted molar refractivity (Wildman–Crippen MR) is 53.1 cm³/mol. The van der Waals surface area contributed by atoms with Gasteiger partial charge >= 0.3 is 0 Å². The first-order chi connectivity index (χ1) is 6.63. The number of hydrogen-bond donors (Lipinski definition) is 0. The maximum absolute atomic E-state index is 13.1. The van der Waals surface area contributed by atoms with Crippen molar-refractivity contribution in [2.45, 2.75) is 20.0 Å². The number of aryl methyl sites for hydroxylation is 1. The highest BCUT2D eigenvalue weighted by Crippen LogP contribution is 2.15. The molecule has 0 aromatic heterocycles. The second-order valence-electron chi connectivity index (χ2n) is 3.27. The molecule has 1 aromatic rings. The van der Waals surface area contributed by atoms with Crippen LogP contribution in [0.2, 0.25) is 0 Å². The lowest BCUT2D eigenvalue weighted by Gasteiger charge is -2.11. The number of rotatable bonds is 4. The summed E-state index contributed by atoms with van der Waals surface area (Å²) in [5.74, 6) is 0.296. The van der Waals surface area contributed by atoms with Crippen molar-refractivity contribution in [1.29, 1.82) is 0 Å². The maximum Gasteiger partial charge on any atom is 0.129 e. The van der Waals surface area contributed by atoms with Gasteiger partial charge in [-0.3, -0.25) is 0 Å². The van der Waals surface area contributed by atoms with Crippen LogP contribution in [0, 0.1) is 12.7 Å². The molecule has 0 saturated heterocycles. The molecule has 0 fully saturated rings. The van der Waals surface area contributed by atoms with Gasteiger partial charge in [-0.05, 0) is 25.5 Å². The summed E-state index contributed by atoms with van der Waals surface area (Å²) < 4.78 is 23.4. The molecule has 0 aliphatic rings. The van der Waals surface area contributed by atoms with Gasteiger partial charge in [0.2, 0.25) is 0 Å². The van der Waals surface area contributed by atoms with Crippen LogP contribution in [-0.4, -0.2) is 19.8 Å². The lowest BCUT2D eigenvalue weighted by atomic mass is 10.2. The minimum Gasteiger partial charge on any atom is -0.491 e. The molecule has 14 heavy (non-hydrogen) atoms. The Morgan fingerprint density at radius 3 is 2.71 bits per heavy atom. The molecular weight excluding hydrogens is 183 g/mol. The summed E-state index contributed by atoms with van der Waals surface area (Å²) in [7, 11) is 1.61. The summed E-state index contributed by atoms with van der Waals surface area (Å²) in [6, 6.07) is 4.83. The Hall–Kier alpha value is -1.09. The van der Waals surface area contributed by atoms with Crippen molar-refractivity contribution in [1.82, 2.24) is 0 Å². The van der Waals surface area contributed by atoms with Crippen molar-refractivity contribution >= 4 is 0 Å². The van der Waals surface area contributed by atoms with Crippen LogP contribution >= 0.6 is 0 Å². The molecule has 2 nitrogen and oxygen atoms in total. The Kier molecular flexibility index (Phi) is 3.89. The van der Waals surface area contributed by atoms with Crippen LogP contribution in [0.1, 0.15) is 12.5 Å². The third kappa shape index (κ3) is 3.00. The number of ether oxygens (including phenoxy) is 2. The topological polar surface area (TPSA) is 18.5 Å². The maximum atomic E-state index is 13.1. The monoisotopic (exact) mass is 198 g/mol. The highest BCUT2D eigenvalue weighted by molar-refractivity contribution is 5.27. The fourth-order valence-corrected chi connectivity index (χ4v) is 0.945. The van der Waals surface area contributed by atoms with Crippen molar-refractivity contribution in [2.24, 2.45) is 0 Å². The Morgan fingerprint density at radius 1 is 1.43 bits per heavy atom. The van der Waals surface area contributed by atoms with Crippen LogP contribution in [0.5, 0.6) is 5.75 Å². The lowest BCUT2D eigenvalue weighted by Crippen LogP contribution is -2.15. The normalized spacial score (nSPS) is 12.6. The molecule has 3 heteroatoms. The Labute approximate surface area is 83.6 Å². The van der Waals surface area contributed by atoms with Gasteiger partial charge in [0.15, 0.2) is 0 Å². The van der Waals surface area contributed by atoms with Crippen LogP contribution in [0.25, 0.3) is 0 Å². The zero-order valence-corrected chi connectivity index (χ0v) is 8.71. The minimum absolute atomic E-state index is 0.0133. The summed E-state index contributed by atoms with van der Waals surface area (Å²) in [6.45, 7) is 4.04. The molecule has 1 aromatic carbocycles. The Balaban J connectivity index is 2.55. The van der Waals surface area contributed by atoms with E-state index >= 15 is 0 Å². The molecule has 0 amide bonds. The standard InChI is InChI=1S/C11H15FO2/c1-8-4-5-10(6-11(8)12)14-7-9(2)13-3/h4-6,9H,7H2,1-3H3. The van der Waals surface area contributed by atoms with Gasteiger partial charge in [-0.25, -0.2) is 4.39 Å². The van der Waals surface area contributed by atoms with Gasteiger partial charge in [0.1, 0.15) is 18.2 Å². The first kappa shape index (κ1) is 11.0. The first-order valence-electron chi connectivity index (χ1n) is 4.55. The van der Waals surface area contributed by atoms with Gasteiger partial charge in [-0.1, -0.05) is 6.07 Å². The zero-order chi connectivity index (χ0) is 10.6. The molecule has 0 spiro atoms. The molecule has 78 valence electrons. The van der Waals surface area contributed by atoms with Crippen LogP contribution in [0.4, 0.5) is 4.39 Å². The number of methoxy groups -OCH3 is 1. The van der Waals surface area contributed by atoms with E-state index in [2.05, 4.69) is 0 Å². The van der Waals surface area contributed by atoms with Crippen LogP contribution in [-0.2, 0) is 4.74 Å². The zero-order valence-electron chi connectivity index (χ0n) is 8.71. The van der Waals surface area contributed by atoms with Gasteiger partial charge in [-0.2, -0.15) is 0 Å². The van der Waals surface area contributed by atoms with E-state index in [0.29, 0.717) is 17.9 Å². The van der Waals surface area contributed by atoms with E-state index in [0.717, 1.165) is 0 Å². The molecular formula is C11H15FO2. The molecule has 0 aliphatic heterocycles. The Bertz CT molecular complexity index is 299. The molecule has 1 atom stereocenters. The average Bonchev–Trinajstić information content (AvgIpc) is 2.19. The summed E-state index contributed by atoms with van der Waals surface area (Å²) in [4.78, 5) is 0. The van der Waals surface area contributed by atoms with Crippen LogP contribution < -0.4 is 4.74 Å². The molecule has 0 heterocycles. The van der Waals surface area contributed by atoms with E-state index in [9.17, 15) is 4.39 Å². The van der Waals surface area contributed by atoms with Gasteiger partial charge in [0, 0.05) is 13.2 Å². The summed E-state index contributed by atoms with van der Waals surface area (Å²) in [5.41, 5.74) is 0.622.